The molecule has 106 valence electrons. The minimum atomic E-state index is -0.0701. The summed E-state index contributed by atoms with van der Waals surface area (Å²) < 4.78 is 0. The van der Waals surface area contributed by atoms with Crippen molar-refractivity contribution in [2.45, 2.75) is 6.54 Å². The van der Waals surface area contributed by atoms with Crippen LogP contribution in [0.1, 0.15) is 5.56 Å². The number of nitrogens with one attached hydrogen (secondary N) is 3. The molecule has 0 unspecified atom stereocenters. The first-order valence-electron chi connectivity index (χ1n) is 6.80. The number of anilines is 1. The molecule has 0 aliphatic heterocycles. The Bertz CT molecular complexity index is 703. The van der Waals surface area contributed by atoms with E-state index in [0.29, 0.717) is 12.5 Å². The van der Waals surface area contributed by atoms with Gasteiger partial charge in [-0.25, -0.2) is 4.98 Å². The Morgan fingerprint density at radius 2 is 1.81 bits per heavy atom. The van der Waals surface area contributed by atoms with Crippen LogP contribution in [0.25, 0.3) is 11.0 Å². The number of aromatic nitrogens is 2. The standard InChI is InChI=1S/C16H16N4O/c21-15(17-10-12-6-2-1-3-7-12)11-18-16-19-13-8-4-5-9-14(13)20-16/h1-9H,10-11H2,(H,17,21)(H2,18,19,20). The molecule has 0 radical (unpaired) electrons. The third-order valence-electron chi connectivity index (χ3n) is 3.14. The highest BCUT2D eigenvalue weighted by molar-refractivity contribution is 5.81. The molecule has 0 aliphatic rings. The van der Waals surface area contributed by atoms with Gasteiger partial charge in [-0.05, 0) is 17.7 Å². The minimum Gasteiger partial charge on any atom is -0.350 e. The molecule has 0 fully saturated rings. The van der Waals surface area contributed by atoms with E-state index in [1.165, 1.54) is 0 Å². The molecule has 0 saturated heterocycles. The van der Waals surface area contributed by atoms with Crippen molar-refractivity contribution >= 4 is 22.9 Å². The lowest BCUT2D eigenvalue weighted by Crippen LogP contribution is -2.29. The van der Waals surface area contributed by atoms with E-state index in [-0.39, 0.29) is 12.5 Å². The van der Waals surface area contributed by atoms with E-state index in [1.54, 1.807) is 0 Å². The maximum absolute atomic E-state index is 11.8. The number of fused-ring (bicyclic) bond motifs is 1. The predicted molar refractivity (Wildman–Crippen MR) is 82.9 cm³/mol. The Morgan fingerprint density at radius 1 is 1.05 bits per heavy atom. The zero-order valence-electron chi connectivity index (χ0n) is 11.5. The second-order valence-corrected chi connectivity index (χ2v) is 4.72. The van der Waals surface area contributed by atoms with Crippen LogP contribution in [0, 0.1) is 0 Å². The highest BCUT2D eigenvalue weighted by Gasteiger charge is 2.04. The van der Waals surface area contributed by atoms with Crippen LogP contribution in [0.3, 0.4) is 0 Å². The van der Waals surface area contributed by atoms with Gasteiger partial charge in [-0.2, -0.15) is 0 Å². The van der Waals surface area contributed by atoms with Crippen LogP contribution in [0.15, 0.2) is 54.6 Å². The smallest absolute Gasteiger partial charge is 0.239 e. The van der Waals surface area contributed by atoms with Gasteiger partial charge in [0.25, 0.3) is 0 Å². The van der Waals surface area contributed by atoms with Gasteiger partial charge in [-0.1, -0.05) is 42.5 Å². The van der Waals surface area contributed by atoms with Crippen LogP contribution in [0.4, 0.5) is 5.95 Å². The van der Waals surface area contributed by atoms with E-state index in [1.807, 2.05) is 54.6 Å². The highest BCUT2D eigenvalue weighted by atomic mass is 16.1. The number of aromatic amines is 1. The number of amides is 1. The van der Waals surface area contributed by atoms with E-state index in [4.69, 9.17) is 0 Å². The number of hydrogen-bond acceptors (Lipinski definition) is 3. The highest BCUT2D eigenvalue weighted by Crippen LogP contribution is 2.12. The number of nitrogens with zero attached hydrogens (tertiary/aromatic N) is 1. The summed E-state index contributed by atoms with van der Waals surface area (Å²) in [5.41, 5.74) is 2.91. The van der Waals surface area contributed by atoms with Gasteiger partial charge in [-0.3, -0.25) is 4.79 Å². The number of para-hydroxylation sites is 2. The molecule has 0 atom stereocenters. The molecule has 2 aromatic carbocycles. The number of hydrogen-bond donors (Lipinski definition) is 3. The summed E-state index contributed by atoms with van der Waals surface area (Å²) in [4.78, 5) is 19.3. The van der Waals surface area contributed by atoms with Crippen LogP contribution in [0.5, 0.6) is 0 Å². The number of imidazole rings is 1. The number of rotatable bonds is 5. The molecule has 0 saturated carbocycles. The summed E-state index contributed by atoms with van der Waals surface area (Å²) in [5, 5.41) is 5.85. The fraction of sp³-hybridized carbons (Fsp3) is 0.125. The average molecular weight is 280 g/mol. The van der Waals surface area contributed by atoms with E-state index in [0.717, 1.165) is 16.6 Å². The first-order chi connectivity index (χ1) is 10.3. The lowest BCUT2D eigenvalue weighted by Gasteiger charge is -2.05. The molecule has 1 amide bonds. The van der Waals surface area contributed by atoms with Crippen molar-refractivity contribution in [3.63, 3.8) is 0 Å². The summed E-state index contributed by atoms with van der Waals surface area (Å²) in [6.45, 7) is 0.716. The van der Waals surface area contributed by atoms with Crippen molar-refractivity contribution in [1.29, 1.82) is 0 Å². The van der Waals surface area contributed by atoms with Gasteiger partial charge < -0.3 is 15.6 Å². The summed E-state index contributed by atoms with van der Waals surface area (Å²) in [5.74, 6) is 0.533. The van der Waals surface area contributed by atoms with Crippen LogP contribution in [0.2, 0.25) is 0 Å². The average Bonchev–Trinajstić information content (AvgIpc) is 2.95. The second kappa shape index (κ2) is 6.09. The molecule has 21 heavy (non-hydrogen) atoms. The molecule has 0 aliphatic carbocycles. The van der Waals surface area contributed by atoms with Gasteiger partial charge in [0.1, 0.15) is 0 Å². The van der Waals surface area contributed by atoms with Crippen LogP contribution in [-0.2, 0) is 11.3 Å². The molecule has 3 aromatic rings. The van der Waals surface area contributed by atoms with Gasteiger partial charge in [0.15, 0.2) is 0 Å². The molecular weight excluding hydrogens is 264 g/mol. The molecule has 1 heterocycles. The first kappa shape index (κ1) is 13.2. The van der Waals surface area contributed by atoms with Crippen LogP contribution in [-0.4, -0.2) is 22.4 Å². The second-order valence-electron chi connectivity index (χ2n) is 4.72. The van der Waals surface area contributed by atoms with Crippen molar-refractivity contribution in [2.24, 2.45) is 0 Å². The summed E-state index contributed by atoms with van der Waals surface area (Å²) >= 11 is 0. The normalized spacial score (nSPS) is 10.5. The summed E-state index contributed by atoms with van der Waals surface area (Å²) in [6.07, 6.45) is 0. The maximum Gasteiger partial charge on any atom is 0.239 e. The SMILES string of the molecule is O=C(CNc1nc2ccccc2[nH]1)NCc1ccccc1. The molecule has 5 heteroatoms. The van der Waals surface area contributed by atoms with E-state index < -0.39 is 0 Å². The molecule has 0 spiro atoms. The predicted octanol–water partition coefficient (Wildman–Crippen LogP) is 2.29. The van der Waals surface area contributed by atoms with Crippen molar-refractivity contribution in [1.82, 2.24) is 15.3 Å². The monoisotopic (exact) mass is 280 g/mol. The van der Waals surface area contributed by atoms with E-state index in [9.17, 15) is 4.79 Å². The van der Waals surface area contributed by atoms with Crippen LogP contribution < -0.4 is 10.6 Å². The van der Waals surface area contributed by atoms with Gasteiger partial charge >= 0.3 is 0 Å². The molecule has 5 nitrogen and oxygen atoms in total. The Kier molecular flexibility index (Phi) is 3.82. The zero-order valence-corrected chi connectivity index (χ0v) is 11.5. The van der Waals surface area contributed by atoms with Crippen LogP contribution >= 0.6 is 0 Å². The van der Waals surface area contributed by atoms with Gasteiger partial charge in [0.05, 0.1) is 17.6 Å². The number of carbonyl (C=O) groups is 1. The van der Waals surface area contributed by atoms with E-state index in [2.05, 4.69) is 20.6 Å². The fourth-order valence-electron chi connectivity index (χ4n) is 2.06. The zero-order chi connectivity index (χ0) is 14.5. The van der Waals surface area contributed by atoms with E-state index >= 15 is 0 Å². The first-order valence-corrected chi connectivity index (χ1v) is 6.80. The van der Waals surface area contributed by atoms with Crippen molar-refractivity contribution < 1.29 is 4.79 Å². The molecule has 0 bridgehead atoms. The Labute approximate surface area is 122 Å². The number of H-pyrrole nitrogens is 1. The fourth-order valence-corrected chi connectivity index (χ4v) is 2.06. The van der Waals surface area contributed by atoms with Gasteiger partial charge in [0.2, 0.25) is 11.9 Å². The number of carbonyl (C=O) groups excluding carboxylic acids is 1. The van der Waals surface area contributed by atoms with Crippen molar-refractivity contribution in [3.05, 3.63) is 60.2 Å². The Hall–Kier alpha value is -2.82. The third-order valence-corrected chi connectivity index (χ3v) is 3.14. The molecular formula is C16H16N4O. The molecule has 1 aromatic heterocycles. The summed E-state index contributed by atoms with van der Waals surface area (Å²) in [7, 11) is 0. The van der Waals surface area contributed by atoms with Gasteiger partial charge in [0, 0.05) is 6.54 Å². The maximum atomic E-state index is 11.8. The topological polar surface area (TPSA) is 69.8 Å². The van der Waals surface area contributed by atoms with Gasteiger partial charge in [-0.15, -0.1) is 0 Å². The Balaban J connectivity index is 1.51. The number of benzene rings is 2. The third kappa shape index (κ3) is 3.39. The lowest BCUT2D eigenvalue weighted by atomic mass is 10.2. The molecule has 3 rings (SSSR count). The Morgan fingerprint density at radius 3 is 2.62 bits per heavy atom. The largest absolute Gasteiger partial charge is 0.350 e. The summed E-state index contributed by atoms with van der Waals surface area (Å²) in [6, 6.07) is 17.6. The van der Waals surface area contributed by atoms with Crippen molar-refractivity contribution in [2.75, 3.05) is 11.9 Å². The quantitative estimate of drug-likeness (QED) is 0.671. The van der Waals surface area contributed by atoms with Crippen molar-refractivity contribution in [3.8, 4) is 0 Å². The molecule has 3 N–H and O–H groups in total. The minimum absolute atomic E-state index is 0.0701. The lowest BCUT2D eigenvalue weighted by molar-refractivity contribution is -0.119.